The van der Waals surface area contributed by atoms with Gasteiger partial charge in [-0.25, -0.2) is 4.79 Å². The van der Waals surface area contributed by atoms with E-state index in [-0.39, 0.29) is 5.75 Å². The second-order valence-electron chi connectivity index (χ2n) is 4.05. The van der Waals surface area contributed by atoms with Gasteiger partial charge in [0.1, 0.15) is 5.75 Å². The van der Waals surface area contributed by atoms with Crippen molar-refractivity contribution < 1.29 is 15.0 Å². The summed E-state index contributed by atoms with van der Waals surface area (Å²) in [5.41, 5.74) is 2.18. The molecule has 0 atom stereocenters. The van der Waals surface area contributed by atoms with E-state index in [0.717, 1.165) is 11.1 Å². The summed E-state index contributed by atoms with van der Waals surface area (Å²) in [6.45, 7) is 3.86. The molecule has 0 spiro atoms. The summed E-state index contributed by atoms with van der Waals surface area (Å²) >= 11 is 0. The second-order valence-corrected chi connectivity index (χ2v) is 4.05. The Balaban J connectivity index is 2.94. The molecule has 3 heteroatoms. The standard InChI is InChI=1S/C14H16O3/c1-10(2)3-6-12(14(16)17)9-11-4-7-13(15)8-5-11/h3-5,7-9,15H,6H2,1-2H3,(H,16,17)/b12-9+. The fraction of sp³-hybridized carbons (Fsp3) is 0.214. The number of carboxylic acids is 1. The summed E-state index contributed by atoms with van der Waals surface area (Å²) in [4.78, 5) is 11.0. The molecule has 0 saturated heterocycles. The van der Waals surface area contributed by atoms with Crippen molar-refractivity contribution in [2.45, 2.75) is 20.3 Å². The number of phenolic OH excluding ortho intramolecular Hbond substituents is 1. The zero-order valence-electron chi connectivity index (χ0n) is 9.97. The summed E-state index contributed by atoms with van der Waals surface area (Å²) < 4.78 is 0. The number of hydrogen-bond donors (Lipinski definition) is 2. The van der Waals surface area contributed by atoms with Crippen LogP contribution in [0, 0.1) is 0 Å². The van der Waals surface area contributed by atoms with E-state index in [1.54, 1.807) is 18.2 Å². The largest absolute Gasteiger partial charge is 0.508 e. The molecule has 17 heavy (non-hydrogen) atoms. The highest BCUT2D eigenvalue weighted by Crippen LogP contribution is 2.15. The van der Waals surface area contributed by atoms with Crippen molar-refractivity contribution in [1.82, 2.24) is 0 Å². The number of allylic oxidation sites excluding steroid dienone is 2. The van der Waals surface area contributed by atoms with Crippen LogP contribution < -0.4 is 0 Å². The molecule has 1 rings (SSSR count). The summed E-state index contributed by atoms with van der Waals surface area (Å²) in [5, 5.41) is 18.2. The molecule has 1 aromatic carbocycles. The molecule has 90 valence electrons. The lowest BCUT2D eigenvalue weighted by Crippen LogP contribution is -1.99. The molecule has 0 heterocycles. The minimum atomic E-state index is -0.921. The maximum Gasteiger partial charge on any atom is 0.331 e. The molecule has 0 saturated carbocycles. The number of aromatic hydroxyl groups is 1. The number of benzene rings is 1. The molecule has 1 aromatic rings. The molecule has 0 aliphatic rings. The van der Waals surface area contributed by atoms with Crippen molar-refractivity contribution in [3.05, 3.63) is 47.1 Å². The Labute approximate surface area is 101 Å². The van der Waals surface area contributed by atoms with Crippen molar-refractivity contribution in [2.24, 2.45) is 0 Å². The molecule has 0 unspecified atom stereocenters. The zero-order chi connectivity index (χ0) is 12.8. The molecule has 3 nitrogen and oxygen atoms in total. The van der Waals surface area contributed by atoms with Gasteiger partial charge in [0, 0.05) is 5.57 Å². The van der Waals surface area contributed by atoms with Gasteiger partial charge in [-0.3, -0.25) is 0 Å². The van der Waals surface area contributed by atoms with Crippen LogP contribution in [0.4, 0.5) is 0 Å². The average Bonchev–Trinajstić information content (AvgIpc) is 2.26. The van der Waals surface area contributed by atoms with Crippen LogP contribution in [-0.2, 0) is 4.79 Å². The lowest BCUT2D eigenvalue weighted by molar-refractivity contribution is -0.132. The second kappa shape index (κ2) is 5.89. The predicted octanol–water partition coefficient (Wildman–Crippen LogP) is 3.22. The van der Waals surface area contributed by atoms with Gasteiger partial charge in [0.05, 0.1) is 0 Å². The first-order chi connectivity index (χ1) is 7.99. The van der Waals surface area contributed by atoms with Crippen LogP contribution in [0.5, 0.6) is 5.75 Å². The SMILES string of the molecule is CC(C)=CC/C(=C\c1ccc(O)cc1)C(=O)O. The zero-order valence-corrected chi connectivity index (χ0v) is 9.97. The molecule has 0 aliphatic carbocycles. The molecule has 0 radical (unpaired) electrons. The first-order valence-electron chi connectivity index (χ1n) is 5.35. The van der Waals surface area contributed by atoms with Crippen molar-refractivity contribution in [1.29, 1.82) is 0 Å². The van der Waals surface area contributed by atoms with Gasteiger partial charge in [0.25, 0.3) is 0 Å². The smallest absolute Gasteiger partial charge is 0.331 e. The van der Waals surface area contributed by atoms with Gasteiger partial charge in [-0.2, -0.15) is 0 Å². The lowest BCUT2D eigenvalue weighted by Gasteiger charge is -2.00. The van der Waals surface area contributed by atoms with Crippen LogP contribution >= 0.6 is 0 Å². The topological polar surface area (TPSA) is 57.5 Å². The highest BCUT2D eigenvalue weighted by molar-refractivity contribution is 5.92. The van der Waals surface area contributed by atoms with Crippen molar-refractivity contribution >= 4 is 12.0 Å². The quantitative estimate of drug-likeness (QED) is 0.619. The van der Waals surface area contributed by atoms with Crippen LogP contribution in [-0.4, -0.2) is 16.2 Å². The number of aliphatic carboxylic acids is 1. The van der Waals surface area contributed by atoms with Gasteiger partial charge in [-0.15, -0.1) is 0 Å². The van der Waals surface area contributed by atoms with E-state index in [1.165, 1.54) is 12.1 Å². The van der Waals surface area contributed by atoms with E-state index in [9.17, 15) is 4.79 Å². The fourth-order valence-corrected chi connectivity index (χ4v) is 1.29. The molecule has 0 aromatic heterocycles. The van der Waals surface area contributed by atoms with E-state index in [4.69, 9.17) is 10.2 Å². The third-order valence-electron chi connectivity index (χ3n) is 2.24. The van der Waals surface area contributed by atoms with Gasteiger partial charge in [-0.05, 0) is 44.0 Å². The Kier molecular flexibility index (Phi) is 4.52. The van der Waals surface area contributed by atoms with Crippen LogP contribution in [0.1, 0.15) is 25.8 Å². The molecular formula is C14H16O3. The van der Waals surface area contributed by atoms with Gasteiger partial charge in [0.15, 0.2) is 0 Å². The summed E-state index contributed by atoms with van der Waals surface area (Å²) in [7, 11) is 0. The number of carbonyl (C=O) groups is 1. The van der Waals surface area contributed by atoms with Crippen LogP contribution in [0.3, 0.4) is 0 Å². The van der Waals surface area contributed by atoms with Crippen molar-refractivity contribution in [2.75, 3.05) is 0 Å². The van der Waals surface area contributed by atoms with Crippen molar-refractivity contribution in [3.8, 4) is 5.75 Å². The van der Waals surface area contributed by atoms with Gasteiger partial charge < -0.3 is 10.2 Å². The Hall–Kier alpha value is -2.03. The monoisotopic (exact) mass is 232 g/mol. The van der Waals surface area contributed by atoms with E-state index in [1.807, 2.05) is 19.9 Å². The highest BCUT2D eigenvalue weighted by atomic mass is 16.4. The Morgan fingerprint density at radius 2 is 1.82 bits per heavy atom. The fourth-order valence-electron chi connectivity index (χ4n) is 1.29. The normalized spacial score (nSPS) is 11.1. The summed E-state index contributed by atoms with van der Waals surface area (Å²) in [6.07, 6.45) is 3.89. The number of hydrogen-bond acceptors (Lipinski definition) is 2. The maximum absolute atomic E-state index is 11.0. The number of rotatable bonds is 4. The van der Waals surface area contributed by atoms with E-state index in [2.05, 4.69) is 0 Å². The molecule has 0 amide bonds. The number of carboxylic acid groups (broad SMARTS) is 1. The van der Waals surface area contributed by atoms with Crippen LogP contribution in [0.25, 0.3) is 6.08 Å². The third-order valence-corrected chi connectivity index (χ3v) is 2.24. The first kappa shape index (κ1) is 13.0. The van der Waals surface area contributed by atoms with Gasteiger partial charge in [-0.1, -0.05) is 23.8 Å². The Morgan fingerprint density at radius 3 is 2.29 bits per heavy atom. The molecule has 0 fully saturated rings. The summed E-state index contributed by atoms with van der Waals surface area (Å²) in [6, 6.07) is 6.43. The van der Waals surface area contributed by atoms with Gasteiger partial charge >= 0.3 is 5.97 Å². The minimum Gasteiger partial charge on any atom is -0.508 e. The Bertz CT molecular complexity index is 449. The molecule has 2 N–H and O–H groups in total. The maximum atomic E-state index is 11.0. The predicted molar refractivity (Wildman–Crippen MR) is 67.8 cm³/mol. The summed E-state index contributed by atoms with van der Waals surface area (Å²) in [5.74, 6) is -0.751. The van der Waals surface area contributed by atoms with E-state index in [0.29, 0.717) is 12.0 Å². The molecule has 0 bridgehead atoms. The Morgan fingerprint density at radius 1 is 1.24 bits per heavy atom. The van der Waals surface area contributed by atoms with E-state index < -0.39 is 5.97 Å². The third kappa shape index (κ3) is 4.55. The van der Waals surface area contributed by atoms with Crippen LogP contribution in [0.15, 0.2) is 41.5 Å². The van der Waals surface area contributed by atoms with E-state index >= 15 is 0 Å². The van der Waals surface area contributed by atoms with Crippen LogP contribution in [0.2, 0.25) is 0 Å². The first-order valence-corrected chi connectivity index (χ1v) is 5.35. The lowest BCUT2D eigenvalue weighted by atomic mass is 10.1. The number of phenols is 1. The molecular weight excluding hydrogens is 216 g/mol. The molecule has 0 aliphatic heterocycles. The highest BCUT2D eigenvalue weighted by Gasteiger charge is 2.05. The van der Waals surface area contributed by atoms with Gasteiger partial charge in [0.2, 0.25) is 0 Å². The van der Waals surface area contributed by atoms with Crippen molar-refractivity contribution in [3.63, 3.8) is 0 Å². The average molecular weight is 232 g/mol. The minimum absolute atomic E-state index is 0.170.